The highest BCUT2D eigenvalue weighted by atomic mass is 19.1. The van der Waals surface area contributed by atoms with Crippen LogP contribution in [0.25, 0.3) is 0 Å². The standard InChI is InChI=1S/C19H19FN2O4/c1-22(11-18(23)21-15-4-2-3-14(20)10-15)19(24)8-6-13-5-7-16-17(9-13)26-12-25-16/h2-5,7,9-10H,6,8,11-12H2,1H3,(H,21,23). The first-order valence-corrected chi connectivity index (χ1v) is 8.19. The summed E-state index contributed by atoms with van der Waals surface area (Å²) in [6.07, 6.45) is 0.800. The van der Waals surface area contributed by atoms with Crippen molar-refractivity contribution in [2.75, 3.05) is 25.7 Å². The number of carbonyl (C=O) groups excluding carboxylic acids is 2. The molecule has 26 heavy (non-hydrogen) atoms. The van der Waals surface area contributed by atoms with Gasteiger partial charge in [-0.1, -0.05) is 12.1 Å². The number of hydrogen-bond acceptors (Lipinski definition) is 4. The number of halogens is 1. The maximum atomic E-state index is 13.1. The van der Waals surface area contributed by atoms with Gasteiger partial charge in [-0.15, -0.1) is 0 Å². The van der Waals surface area contributed by atoms with Gasteiger partial charge in [-0.05, 0) is 42.3 Å². The number of nitrogens with one attached hydrogen (secondary N) is 1. The van der Waals surface area contributed by atoms with Crippen LogP contribution in [0.5, 0.6) is 11.5 Å². The highest BCUT2D eigenvalue weighted by Gasteiger charge is 2.16. The Morgan fingerprint density at radius 3 is 2.77 bits per heavy atom. The summed E-state index contributed by atoms with van der Waals surface area (Å²) in [6, 6.07) is 11.2. The number of anilines is 1. The summed E-state index contributed by atoms with van der Waals surface area (Å²) in [4.78, 5) is 25.6. The fraction of sp³-hybridized carbons (Fsp3) is 0.263. The molecule has 0 spiro atoms. The summed E-state index contributed by atoms with van der Waals surface area (Å²) >= 11 is 0. The van der Waals surface area contributed by atoms with E-state index in [1.807, 2.05) is 18.2 Å². The van der Waals surface area contributed by atoms with Gasteiger partial charge in [0.25, 0.3) is 0 Å². The first kappa shape index (κ1) is 17.7. The number of amides is 2. The third-order valence-corrected chi connectivity index (χ3v) is 3.98. The highest BCUT2D eigenvalue weighted by molar-refractivity contribution is 5.94. The van der Waals surface area contributed by atoms with E-state index in [2.05, 4.69) is 5.32 Å². The molecule has 2 aromatic carbocycles. The molecule has 1 aliphatic rings. The SMILES string of the molecule is CN(CC(=O)Nc1cccc(F)c1)C(=O)CCc1ccc2c(c1)OCO2. The van der Waals surface area contributed by atoms with Crippen LogP contribution >= 0.6 is 0 Å². The number of likely N-dealkylation sites (N-methyl/N-ethyl adjacent to an activating group) is 1. The Morgan fingerprint density at radius 2 is 1.96 bits per heavy atom. The quantitative estimate of drug-likeness (QED) is 0.862. The molecule has 0 aliphatic carbocycles. The van der Waals surface area contributed by atoms with Crippen LogP contribution in [-0.4, -0.2) is 37.1 Å². The monoisotopic (exact) mass is 358 g/mol. The Bertz CT molecular complexity index is 825. The molecule has 1 heterocycles. The van der Waals surface area contributed by atoms with E-state index in [4.69, 9.17) is 9.47 Å². The number of ether oxygens (including phenoxy) is 2. The van der Waals surface area contributed by atoms with E-state index in [1.165, 1.54) is 23.1 Å². The smallest absolute Gasteiger partial charge is 0.243 e. The van der Waals surface area contributed by atoms with Crippen LogP contribution in [0.2, 0.25) is 0 Å². The Morgan fingerprint density at radius 1 is 1.15 bits per heavy atom. The van der Waals surface area contributed by atoms with Crippen LogP contribution in [0.1, 0.15) is 12.0 Å². The number of benzene rings is 2. The average molecular weight is 358 g/mol. The Kier molecular flexibility index (Phi) is 5.36. The van der Waals surface area contributed by atoms with Crippen molar-refractivity contribution in [3.63, 3.8) is 0 Å². The molecule has 2 amide bonds. The Balaban J connectivity index is 1.47. The number of hydrogen-bond donors (Lipinski definition) is 1. The van der Waals surface area contributed by atoms with E-state index in [0.717, 1.165) is 5.56 Å². The molecule has 3 rings (SSSR count). The van der Waals surface area contributed by atoms with Crippen LogP contribution < -0.4 is 14.8 Å². The van der Waals surface area contributed by atoms with E-state index in [-0.39, 0.29) is 31.6 Å². The second-order valence-electron chi connectivity index (χ2n) is 6.00. The zero-order valence-electron chi connectivity index (χ0n) is 14.3. The van der Waals surface area contributed by atoms with Gasteiger partial charge in [0.2, 0.25) is 18.6 Å². The number of carbonyl (C=O) groups is 2. The molecule has 2 aromatic rings. The van der Waals surface area contributed by atoms with Gasteiger partial charge in [-0.25, -0.2) is 4.39 Å². The largest absolute Gasteiger partial charge is 0.454 e. The molecule has 0 aromatic heterocycles. The molecular weight excluding hydrogens is 339 g/mol. The van der Waals surface area contributed by atoms with Crippen molar-refractivity contribution in [2.45, 2.75) is 12.8 Å². The summed E-state index contributed by atoms with van der Waals surface area (Å²) < 4.78 is 23.7. The molecule has 0 saturated carbocycles. The van der Waals surface area contributed by atoms with E-state index >= 15 is 0 Å². The maximum absolute atomic E-state index is 13.1. The summed E-state index contributed by atoms with van der Waals surface area (Å²) in [5.41, 5.74) is 1.32. The molecule has 0 fully saturated rings. The Hall–Kier alpha value is -3.09. The lowest BCUT2D eigenvalue weighted by Gasteiger charge is -2.17. The third kappa shape index (κ3) is 4.50. The van der Waals surface area contributed by atoms with Crippen LogP contribution in [0.4, 0.5) is 10.1 Å². The van der Waals surface area contributed by atoms with Crippen LogP contribution in [0.3, 0.4) is 0 Å². The van der Waals surface area contributed by atoms with Gasteiger partial charge in [0.05, 0.1) is 6.54 Å². The lowest BCUT2D eigenvalue weighted by Crippen LogP contribution is -2.35. The van der Waals surface area contributed by atoms with Gasteiger partial charge >= 0.3 is 0 Å². The lowest BCUT2D eigenvalue weighted by atomic mass is 10.1. The van der Waals surface area contributed by atoms with E-state index in [9.17, 15) is 14.0 Å². The fourth-order valence-electron chi connectivity index (χ4n) is 2.61. The second kappa shape index (κ2) is 7.86. The molecule has 6 nitrogen and oxygen atoms in total. The molecule has 0 radical (unpaired) electrons. The van der Waals surface area contributed by atoms with E-state index in [0.29, 0.717) is 23.6 Å². The minimum atomic E-state index is -0.434. The van der Waals surface area contributed by atoms with Crippen molar-refractivity contribution in [1.29, 1.82) is 0 Å². The maximum Gasteiger partial charge on any atom is 0.243 e. The summed E-state index contributed by atoms with van der Waals surface area (Å²) in [5.74, 6) is 0.409. The molecule has 0 atom stereocenters. The minimum Gasteiger partial charge on any atom is -0.454 e. The predicted molar refractivity (Wildman–Crippen MR) is 93.6 cm³/mol. The van der Waals surface area contributed by atoms with Gasteiger partial charge in [0, 0.05) is 19.2 Å². The molecule has 1 N–H and O–H groups in total. The van der Waals surface area contributed by atoms with Gasteiger partial charge in [0.15, 0.2) is 11.5 Å². The van der Waals surface area contributed by atoms with Crippen molar-refractivity contribution in [3.05, 3.63) is 53.8 Å². The summed E-state index contributed by atoms with van der Waals surface area (Å²) in [6.45, 7) is 0.108. The number of rotatable bonds is 6. The molecule has 0 saturated heterocycles. The van der Waals surface area contributed by atoms with Crippen LogP contribution in [0.15, 0.2) is 42.5 Å². The molecule has 1 aliphatic heterocycles. The number of fused-ring (bicyclic) bond motifs is 1. The van der Waals surface area contributed by atoms with Crippen molar-refractivity contribution >= 4 is 17.5 Å². The third-order valence-electron chi connectivity index (χ3n) is 3.98. The van der Waals surface area contributed by atoms with Gasteiger partial charge in [-0.2, -0.15) is 0 Å². The fourth-order valence-corrected chi connectivity index (χ4v) is 2.61. The number of aryl methyl sites for hydroxylation is 1. The van der Waals surface area contributed by atoms with Crippen LogP contribution in [0, 0.1) is 5.82 Å². The normalized spacial score (nSPS) is 11.9. The lowest BCUT2D eigenvalue weighted by molar-refractivity contribution is -0.133. The first-order chi connectivity index (χ1) is 12.5. The van der Waals surface area contributed by atoms with Crippen molar-refractivity contribution < 1.29 is 23.5 Å². The minimum absolute atomic E-state index is 0.101. The highest BCUT2D eigenvalue weighted by Crippen LogP contribution is 2.32. The molecule has 0 bridgehead atoms. The molecule has 0 unspecified atom stereocenters. The summed E-state index contributed by atoms with van der Waals surface area (Å²) in [5, 5.41) is 2.57. The molecule has 7 heteroatoms. The second-order valence-corrected chi connectivity index (χ2v) is 6.00. The van der Waals surface area contributed by atoms with Crippen molar-refractivity contribution in [1.82, 2.24) is 4.90 Å². The number of nitrogens with zero attached hydrogens (tertiary/aromatic N) is 1. The van der Waals surface area contributed by atoms with Crippen molar-refractivity contribution in [3.8, 4) is 11.5 Å². The average Bonchev–Trinajstić information content (AvgIpc) is 3.07. The van der Waals surface area contributed by atoms with E-state index < -0.39 is 5.82 Å². The first-order valence-electron chi connectivity index (χ1n) is 8.19. The zero-order valence-corrected chi connectivity index (χ0v) is 14.3. The van der Waals surface area contributed by atoms with E-state index in [1.54, 1.807) is 13.1 Å². The topological polar surface area (TPSA) is 67.9 Å². The van der Waals surface area contributed by atoms with Gasteiger partial charge < -0.3 is 19.7 Å². The van der Waals surface area contributed by atoms with Crippen LogP contribution in [-0.2, 0) is 16.0 Å². The molecular formula is C19H19FN2O4. The Labute approximate surface area is 150 Å². The zero-order chi connectivity index (χ0) is 18.5. The molecule has 136 valence electrons. The van der Waals surface area contributed by atoms with Crippen molar-refractivity contribution in [2.24, 2.45) is 0 Å². The predicted octanol–water partition coefficient (Wildman–Crippen LogP) is 2.58. The van der Waals surface area contributed by atoms with Gasteiger partial charge in [-0.3, -0.25) is 9.59 Å². The van der Waals surface area contributed by atoms with Gasteiger partial charge in [0.1, 0.15) is 5.82 Å². The summed E-state index contributed by atoms with van der Waals surface area (Å²) in [7, 11) is 1.56.